The summed E-state index contributed by atoms with van der Waals surface area (Å²) in [5.41, 5.74) is 0.883. The van der Waals surface area contributed by atoms with E-state index in [-0.39, 0.29) is 12.5 Å². The lowest BCUT2D eigenvalue weighted by Gasteiger charge is -2.09. The minimum atomic E-state index is 0.0344. The van der Waals surface area contributed by atoms with E-state index in [2.05, 4.69) is 24.1 Å². The van der Waals surface area contributed by atoms with Crippen LogP contribution in [-0.4, -0.2) is 25.6 Å². The smallest absolute Gasteiger partial charge is 0.239 e. The van der Waals surface area contributed by atoms with Crippen molar-refractivity contribution in [1.29, 1.82) is 0 Å². The molecule has 4 heteroatoms. The zero-order valence-corrected chi connectivity index (χ0v) is 19.9. The maximum absolute atomic E-state index is 12.0. The van der Waals surface area contributed by atoms with Crippen LogP contribution in [0.15, 0.2) is 36.9 Å². The van der Waals surface area contributed by atoms with Crippen LogP contribution in [0.25, 0.3) is 0 Å². The molecule has 0 fully saturated rings. The molecule has 0 heterocycles. The number of carbonyl (C=O) groups is 1. The lowest BCUT2D eigenvalue weighted by Crippen LogP contribution is -2.30. The normalized spacial score (nSPS) is 10.6. The molecule has 1 rings (SSSR count). The van der Waals surface area contributed by atoms with Gasteiger partial charge in [-0.05, 0) is 18.6 Å². The highest BCUT2D eigenvalue weighted by atomic mass is 16.5. The summed E-state index contributed by atoms with van der Waals surface area (Å²) in [7, 11) is 0. The number of rotatable bonds is 21. The van der Waals surface area contributed by atoms with Crippen LogP contribution in [0.3, 0.4) is 0 Å². The Morgan fingerprint density at radius 3 is 2.06 bits per heavy atom. The predicted octanol–water partition coefficient (Wildman–Crippen LogP) is 7.26. The first kappa shape index (κ1) is 27.1. The molecule has 1 aromatic rings. The highest BCUT2D eigenvalue weighted by Crippen LogP contribution is 2.17. The van der Waals surface area contributed by atoms with Crippen LogP contribution in [0, 0.1) is 0 Å². The van der Waals surface area contributed by atoms with E-state index in [1.165, 1.54) is 83.5 Å². The average Bonchev–Trinajstić information content (AvgIpc) is 2.79. The first-order chi connectivity index (χ1) is 15.3. The van der Waals surface area contributed by atoms with Crippen LogP contribution in [0.2, 0.25) is 0 Å². The van der Waals surface area contributed by atoms with Crippen LogP contribution >= 0.6 is 0 Å². The fourth-order valence-electron chi connectivity index (χ4n) is 3.64. The first-order valence-corrected chi connectivity index (χ1v) is 12.6. The van der Waals surface area contributed by atoms with E-state index in [4.69, 9.17) is 4.74 Å². The van der Waals surface area contributed by atoms with Crippen molar-refractivity contribution in [3.05, 3.63) is 36.9 Å². The molecule has 0 aliphatic heterocycles. The Bertz CT molecular complexity index is 574. The molecule has 0 atom stereocenters. The van der Waals surface area contributed by atoms with Crippen molar-refractivity contribution in [1.82, 2.24) is 5.32 Å². The van der Waals surface area contributed by atoms with Gasteiger partial charge in [0.15, 0.2) is 0 Å². The standard InChI is InChI=1S/C27H46N2O2/c1-3-5-6-7-8-9-10-11-12-13-14-15-16-17-21-28-27(30)24-29-25-19-18-20-26(23-25)31-22-4-2/h4,18-20,23,29H,2-3,5-17,21-22,24H2,1H3,(H,28,30). The van der Waals surface area contributed by atoms with Crippen LogP contribution in [0.1, 0.15) is 96.8 Å². The summed E-state index contributed by atoms with van der Waals surface area (Å²) in [5.74, 6) is 0.805. The molecule has 0 radical (unpaired) electrons. The lowest BCUT2D eigenvalue weighted by atomic mass is 10.0. The molecule has 2 N–H and O–H groups in total. The first-order valence-electron chi connectivity index (χ1n) is 12.6. The van der Waals surface area contributed by atoms with Crippen molar-refractivity contribution in [2.45, 2.75) is 96.8 Å². The van der Waals surface area contributed by atoms with E-state index in [1.54, 1.807) is 6.08 Å². The molecule has 0 unspecified atom stereocenters. The van der Waals surface area contributed by atoms with E-state index in [0.29, 0.717) is 6.61 Å². The maximum atomic E-state index is 12.0. The minimum absolute atomic E-state index is 0.0344. The second-order valence-electron chi connectivity index (χ2n) is 8.43. The van der Waals surface area contributed by atoms with Gasteiger partial charge in [-0.3, -0.25) is 4.79 Å². The topological polar surface area (TPSA) is 50.4 Å². The molecule has 0 aromatic heterocycles. The number of hydrogen-bond acceptors (Lipinski definition) is 3. The summed E-state index contributed by atoms with van der Waals surface area (Å²) in [6, 6.07) is 7.63. The quantitative estimate of drug-likeness (QED) is 0.159. The van der Waals surface area contributed by atoms with Gasteiger partial charge in [-0.1, -0.05) is 109 Å². The zero-order chi connectivity index (χ0) is 22.4. The Morgan fingerprint density at radius 1 is 0.903 bits per heavy atom. The zero-order valence-electron chi connectivity index (χ0n) is 19.9. The Hall–Kier alpha value is -1.97. The molecule has 0 saturated carbocycles. The van der Waals surface area contributed by atoms with Crippen LogP contribution < -0.4 is 15.4 Å². The number of ether oxygens (including phenoxy) is 1. The van der Waals surface area contributed by atoms with Gasteiger partial charge in [0.05, 0.1) is 6.54 Å². The van der Waals surface area contributed by atoms with Crippen molar-refractivity contribution in [2.24, 2.45) is 0 Å². The number of unbranched alkanes of at least 4 members (excludes halogenated alkanes) is 13. The Morgan fingerprint density at radius 2 is 1.48 bits per heavy atom. The minimum Gasteiger partial charge on any atom is -0.489 e. The number of carbonyl (C=O) groups excluding carboxylic acids is 1. The third-order valence-corrected chi connectivity index (χ3v) is 5.51. The van der Waals surface area contributed by atoms with Crippen molar-refractivity contribution in [3.63, 3.8) is 0 Å². The second-order valence-corrected chi connectivity index (χ2v) is 8.43. The molecule has 0 spiro atoms. The summed E-state index contributed by atoms with van der Waals surface area (Å²) in [6.45, 7) is 7.44. The number of anilines is 1. The van der Waals surface area contributed by atoms with Gasteiger partial charge < -0.3 is 15.4 Å². The van der Waals surface area contributed by atoms with Gasteiger partial charge in [-0.2, -0.15) is 0 Å². The number of hydrogen-bond donors (Lipinski definition) is 2. The molecular weight excluding hydrogens is 384 g/mol. The molecule has 176 valence electrons. The number of benzene rings is 1. The highest BCUT2D eigenvalue weighted by molar-refractivity contribution is 5.80. The van der Waals surface area contributed by atoms with Gasteiger partial charge in [0.2, 0.25) is 5.91 Å². The molecule has 0 saturated heterocycles. The van der Waals surface area contributed by atoms with Crippen LogP contribution in [0.4, 0.5) is 5.69 Å². The summed E-state index contributed by atoms with van der Waals surface area (Å²) < 4.78 is 5.50. The number of amides is 1. The van der Waals surface area contributed by atoms with Gasteiger partial charge in [0, 0.05) is 18.3 Å². The largest absolute Gasteiger partial charge is 0.489 e. The summed E-state index contributed by atoms with van der Waals surface area (Å²) >= 11 is 0. The predicted molar refractivity (Wildman–Crippen MR) is 134 cm³/mol. The highest BCUT2D eigenvalue weighted by Gasteiger charge is 2.02. The fraction of sp³-hybridized carbons (Fsp3) is 0.667. The van der Waals surface area contributed by atoms with E-state index >= 15 is 0 Å². The Labute approximate surface area is 191 Å². The van der Waals surface area contributed by atoms with Crippen molar-refractivity contribution in [2.75, 3.05) is 25.0 Å². The SMILES string of the molecule is C=CCOc1cccc(NCC(=O)NCCCCCCCCCCCCCCCC)c1. The average molecular weight is 431 g/mol. The van der Waals surface area contributed by atoms with Crippen molar-refractivity contribution in [3.8, 4) is 5.75 Å². The number of nitrogens with one attached hydrogen (secondary N) is 2. The van der Waals surface area contributed by atoms with Gasteiger partial charge in [0.1, 0.15) is 12.4 Å². The maximum Gasteiger partial charge on any atom is 0.239 e. The molecule has 1 amide bonds. The molecule has 0 aliphatic rings. The third-order valence-electron chi connectivity index (χ3n) is 5.51. The molecule has 31 heavy (non-hydrogen) atoms. The molecule has 4 nitrogen and oxygen atoms in total. The second kappa shape index (κ2) is 20.0. The van der Waals surface area contributed by atoms with E-state index in [9.17, 15) is 4.79 Å². The molecule has 1 aromatic carbocycles. The van der Waals surface area contributed by atoms with E-state index < -0.39 is 0 Å². The van der Waals surface area contributed by atoms with Crippen LogP contribution in [-0.2, 0) is 4.79 Å². The molecule has 0 bridgehead atoms. The van der Waals surface area contributed by atoms with E-state index in [1.807, 2.05) is 24.3 Å². The summed E-state index contributed by atoms with van der Waals surface area (Å²) in [4.78, 5) is 12.0. The Balaban J connectivity index is 1.89. The van der Waals surface area contributed by atoms with Gasteiger partial charge in [-0.15, -0.1) is 0 Å². The summed E-state index contributed by atoms with van der Waals surface area (Å²) in [5, 5.41) is 6.14. The summed E-state index contributed by atoms with van der Waals surface area (Å²) in [6.07, 6.45) is 20.6. The van der Waals surface area contributed by atoms with Crippen molar-refractivity contribution < 1.29 is 9.53 Å². The van der Waals surface area contributed by atoms with Crippen molar-refractivity contribution >= 4 is 11.6 Å². The van der Waals surface area contributed by atoms with Crippen LogP contribution in [0.5, 0.6) is 5.75 Å². The van der Waals surface area contributed by atoms with Gasteiger partial charge in [-0.25, -0.2) is 0 Å². The Kier molecular flexibility index (Phi) is 17.4. The molecule has 0 aliphatic carbocycles. The molecular formula is C27H46N2O2. The van der Waals surface area contributed by atoms with Gasteiger partial charge in [0.25, 0.3) is 0 Å². The van der Waals surface area contributed by atoms with E-state index in [0.717, 1.165) is 24.4 Å². The fourth-order valence-corrected chi connectivity index (χ4v) is 3.64. The van der Waals surface area contributed by atoms with Gasteiger partial charge >= 0.3 is 0 Å². The lowest BCUT2D eigenvalue weighted by molar-refractivity contribution is -0.119. The monoisotopic (exact) mass is 430 g/mol. The third kappa shape index (κ3) is 16.4.